The minimum Gasteiger partial charge on any atom is -0.497 e. The summed E-state index contributed by atoms with van der Waals surface area (Å²) in [5.41, 5.74) is 1.01. The zero-order valence-electron chi connectivity index (χ0n) is 16.3. The Morgan fingerprint density at radius 1 is 1.41 bits per heavy atom. The van der Waals surface area contributed by atoms with E-state index in [9.17, 15) is 13.2 Å². The van der Waals surface area contributed by atoms with Gasteiger partial charge in [0.1, 0.15) is 5.75 Å². The fraction of sp³-hybridized carbons (Fsp3) is 0.500. The maximum atomic E-state index is 12.2. The van der Waals surface area contributed by atoms with E-state index in [1.165, 1.54) is 4.68 Å². The van der Waals surface area contributed by atoms with E-state index in [4.69, 9.17) is 21.4 Å². The van der Waals surface area contributed by atoms with Crippen LogP contribution in [0.4, 0.5) is 0 Å². The highest BCUT2D eigenvalue weighted by atomic mass is 32.2. The lowest BCUT2D eigenvalue weighted by Crippen LogP contribution is -2.42. The topological polar surface area (TPSA) is 107 Å². The van der Waals surface area contributed by atoms with Gasteiger partial charge in [-0.25, -0.2) is 13.1 Å². The Bertz CT molecular complexity index is 1010. The van der Waals surface area contributed by atoms with Crippen molar-refractivity contribution in [3.63, 3.8) is 0 Å². The van der Waals surface area contributed by atoms with Gasteiger partial charge in [0.25, 0.3) is 4.84 Å². The lowest BCUT2D eigenvalue weighted by molar-refractivity contribution is -0.122. The number of methoxy groups -OCH3 is 1. The van der Waals surface area contributed by atoms with Gasteiger partial charge in [0, 0.05) is 6.04 Å². The zero-order valence-corrected chi connectivity index (χ0v) is 18.0. The Morgan fingerprint density at radius 3 is 2.76 bits per heavy atom. The van der Waals surface area contributed by atoms with E-state index < -0.39 is 9.84 Å². The predicted molar refractivity (Wildman–Crippen MR) is 109 cm³/mol. The molecule has 1 aromatic carbocycles. The lowest BCUT2D eigenvalue weighted by atomic mass is 10.1. The number of carbonyl (C=O) groups is 1. The number of hydrogen-bond donors (Lipinski definition) is 1. The van der Waals surface area contributed by atoms with Crippen LogP contribution in [0.1, 0.15) is 17.9 Å². The Morgan fingerprint density at radius 2 is 2.14 bits per heavy atom. The van der Waals surface area contributed by atoms with Gasteiger partial charge in [-0.2, -0.15) is 0 Å². The van der Waals surface area contributed by atoms with Crippen LogP contribution in [-0.2, 0) is 27.7 Å². The monoisotopic (exact) mass is 440 g/mol. The fourth-order valence-electron chi connectivity index (χ4n) is 3.13. The molecule has 1 aliphatic rings. The first-order valence-electron chi connectivity index (χ1n) is 9.12. The van der Waals surface area contributed by atoms with Gasteiger partial charge >= 0.3 is 0 Å². The minimum atomic E-state index is -3.03. The van der Waals surface area contributed by atoms with Gasteiger partial charge in [-0.3, -0.25) is 9.69 Å². The normalized spacial score (nSPS) is 18.1. The Balaban J connectivity index is 1.53. The molecule has 0 bridgehead atoms. The highest BCUT2D eigenvalue weighted by Gasteiger charge is 2.29. The molecule has 1 N–H and O–H groups in total. The van der Waals surface area contributed by atoms with Crippen molar-refractivity contribution in [1.82, 2.24) is 20.0 Å². The van der Waals surface area contributed by atoms with Crippen molar-refractivity contribution in [2.24, 2.45) is 0 Å². The molecule has 2 heterocycles. The van der Waals surface area contributed by atoms with Gasteiger partial charge in [-0.1, -0.05) is 12.1 Å². The van der Waals surface area contributed by atoms with Crippen LogP contribution in [-0.4, -0.2) is 67.3 Å². The van der Waals surface area contributed by atoms with Crippen molar-refractivity contribution >= 4 is 28.0 Å². The van der Waals surface area contributed by atoms with E-state index in [2.05, 4.69) is 10.4 Å². The number of amides is 1. The van der Waals surface area contributed by atoms with E-state index in [1.807, 2.05) is 24.3 Å². The van der Waals surface area contributed by atoms with Crippen LogP contribution in [0, 0.1) is 4.84 Å². The first-order valence-corrected chi connectivity index (χ1v) is 11.3. The summed E-state index contributed by atoms with van der Waals surface area (Å²) in [6, 6.07) is 7.27. The van der Waals surface area contributed by atoms with E-state index in [0.29, 0.717) is 18.7 Å². The number of hydrogen-bond acceptors (Lipinski definition) is 8. The quantitative estimate of drug-likeness (QED) is 0.606. The number of carbonyl (C=O) groups excluding carboxylic acids is 1. The highest BCUT2D eigenvalue weighted by Crippen LogP contribution is 2.15. The van der Waals surface area contributed by atoms with Crippen LogP contribution in [0.5, 0.6) is 5.75 Å². The Labute approximate surface area is 174 Å². The van der Waals surface area contributed by atoms with Crippen LogP contribution < -0.4 is 10.1 Å². The van der Waals surface area contributed by atoms with Gasteiger partial charge < -0.3 is 14.5 Å². The summed E-state index contributed by atoms with van der Waals surface area (Å²) >= 11 is 5.22. The molecule has 0 saturated carbocycles. The third kappa shape index (κ3) is 6.12. The fourth-order valence-corrected chi connectivity index (χ4v) is 5.00. The standard InChI is InChI=1S/C18H24N4O5S2/c1-21(10-16(23)19-14-7-8-29(24,25)11-14)12-22-18(28)27-17(20-22)9-13-3-5-15(26-2)6-4-13/h3-6,14H,7-12H2,1-2H3,(H,19,23). The van der Waals surface area contributed by atoms with Crippen molar-refractivity contribution in [3.05, 3.63) is 40.6 Å². The molecule has 0 spiro atoms. The van der Waals surface area contributed by atoms with Crippen LogP contribution in [0.15, 0.2) is 28.7 Å². The average Bonchev–Trinajstić information content (AvgIpc) is 3.16. The van der Waals surface area contributed by atoms with Crippen molar-refractivity contribution in [2.75, 3.05) is 32.2 Å². The smallest absolute Gasteiger partial charge is 0.288 e. The van der Waals surface area contributed by atoms with Crippen LogP contribution >= 0.6 is 12.2 Å². The third-order valence-corrected chi connectivity index (χ3v) is 6.61. The van der Waals surface area contributed by atoms with Gasteiger partial charge in [0.05, 0.1) is 38.2 Å². The molecule has 1 fully saturated rings. The molecule has 0 aliphatic carbocycles. The molecule has 1 amide bonds. The molecule has 1 unspecified atom stereocenters. The summed E-state index contributed by atoms with van der Waals surface area (Å²) in [5.74, 6) is 1.15. The number of likely N-dealkylation sites (N-methyl/N-ethyl adjacent to an activating group) is 1. The average molecular weight is 441 g/mol. The number of nitrogens with one attached hydrogen (secondary N) is 1. The third-order valence-electron chi connectivity index (χ3n) is 4.55. The van der Waals surface area contributed by atoms with Gasteiger partial charge in [-0.05, 0) is 43.4 Å². The second-order valence-corrected chi connectivity index (χ2v) is 9.69. The molecule has 0 radical (unpaired) electrons. The lowest BCUT2D eigenvalue weighted by Gasteiger charge is -2.17. The van der Waals surface area contributed by atoms with Gasteiger partial charge in [0.2, 0.25) is 11.8 Å². The molecule has 2 aromatic rings. The van der Waals surface area contributed by atoms with E-state index >= 15 is 0 Å². The van der Waals surface area contributed by atoms with Crippen molar-refractivity contribution in [3.8, 4) is 5.75 Å². The van der Waals surface area contributed by atoms with E-state index in [0.717, 1.165) is 11.3 Å². The molecule has 1 aliphatic heterocycles. The van der Waals surface area contributed by atoms with Crippen molar-refractivity contribution < 1.29 is 22.4 Å². The predicted octanol–water partition coefficient (Wildman–Crippen LogP) is 0.998. The van der Waals surface area contributed by atoms with E-state index in [1.54, 1.807) is 19.1 Å². The maximum absolute atomic E-state index is 12.2. The first kappa shape index (κ1) is 21.5. The highest BCUT2D eigenvalue weighted by molar-refractivity contribution is 7.91. The van der Waals surface area contributed by atoms with Crippen LogP contribution in [0.25, 0.3) is 0 Å². The molecule has 1 atom stereocenters. The summed E-state index contributed by atoms with van der Waals surface area (Å²) in [7, 11) is 0.341. The number of aromatic nitrogens is 2. The molecule has 158 valence electrons. The number of nitrogens with zero attached hydrogens (tertiary/aromatic N) is 3. The van der Waals surface area contributed by atoms with Crippen molar-refractivity contribution in [1.29, 1.82) is 0 Å². The van der Waals surface area contributed by atoms with Crippen LogP contribution in [0.3, 0.4) is 0 Å². The van der Waals surface area contributed by atoms with Gasteiger partial charge in [0.15, 0.2) is 9.84 Å². The molecule has 29 heavy (non-hydrogen) atoms. The molecule has 3 rings (SSSR count). The summed E-state index contributed by atoms with van der Waals surface area (Å²) in [5, 5.41) is 7.14. The minimum absolute atomic E-state index is 0.00548. The van der Waals surface area contributed by atoms with Crippen LogP contribution in [0.2, 0.25) is 0 Å². The van der Waals surface area contributed by atoms with Gasteiger partial charge in [-0.15, -0.1) is 5.10 Å². The summed E-state index contributed by atoms with van der Waals surface area (Å²) in [6.07, 6.45) is 0.946. The molecule has 1 aromatic heterocycles. The SMILES string of the molecule is COc1ccc(Cc2nn(CN(C)CC(=O)NC3CCS(=O)(=O)C3)c(=S)o2)cc1. The zero-order chi connectivity index (χ0) is 21.0. The second kappa shape index (κ2) is 9.06. The summed E-state index contributed by atoms with van der Waals surface area (Å²) < 4.78 is 35.2. The van der Waals surface area contributed by atoms with E-state index in [-0.39, 0.29) is 41.5 Å². The molecular weight excluding hydrogens is 416 g/mol. The number of ether oxygens (including phenoxy) is 1. The number of benzene rings is 1. The van der Waals surface area contributed by atoms with Crippen molar-refractivity contribution in [2.45, 2.75) is 25.6 Å². The Kier molecular flexibility index (Phi) is 6.70. The summed E-state index contributed by atoms with van der Waals surface area (Å²) in [6.45, 7) is 0.375. The summed E-state index contributed by atoms with van der Waals surface area (Å²) in [4.78, 5) is 14.1. The largest absolute Gasteiger partial charge is 0.497 e. The second-order valence-electron chi connectivity index (χ2n) is 7.11. The molecule has 1 saturated heterocycles. The molecular formula is C18H24N4O5S2. The Hall–Kier alpha value is -2.24. The molecule has 9 nitrogen and oxygen atoms in total. The first-order chi connectivity index (χ1) is 13.7. The molecule has 11 heteroatoms. The number of rotatable bonds is 8. The maximum Gasteiger partial charge on any atom is 0.288 e. The number of sulfone groups is 1.